The van der Waals surface area contributed by atoms with Crippen molar-refractivity contribution >= 4 is 0 Å². The minimum absolute atomic E-state index is 0.0839. The third kappa shape index (κ3) is 9.43. The highest BCUT2D eigenvalue weighted by Gasteiger charge is 2.33. The zero-order valence-electron chi connectivity index (χ0n) is 18.5. The highest BCUT2D eigenvalue weighted by atomic mass is 16.5. The average molecular weight is 390 g/mol. The average Bonchev–Trinajstić information content (AvgIpc) is 3.48. The summed E-state index contributed by atoms with van der Waals surface area (Å²) in [5.41, 5.74) is 7.25. The maximum absolute atomic E-state index is 9.67. The summed E-state index contributed by atoms with van der Waals surface area (Å²) in [5, 5.41) is 9.67. The fourth-order valence-electron chi connectivity index (χ4n) is 3.93. The van der Waals surface area contributed by atoms with Crippen LogP contribution < -0.4 is 10.5 Å². The van der Waals surface area contributed by atoms with Gasteiger partial charge in [-0.3, -0.25) is 0 Å². The van der Waals surface area contributed by atoms with Gasteiger partial charge in [0.2, 0.25) is 0 Å². The van der Waals surface area contributed by atoms with Crippen molar-refractivity contribution in [3.63, 3.8) is 0 Å². The molecule has 1 aliphatic rings. The topological polar surface area (TPSA) is 55.5 Å². The van der Waals surface area contributed by atoms with Crippen molar-refractivity contribution in [2.75, 3.05) is 13.2 Å². The van der Waals surface area contributed by atoms with Crippen molar-refractivity contribution in [3.8, 4) is 5.75 Å². The standard InChI is InChI=1S/C25H43NO2/c1-20(2)6-4-7-21(3)8-5-17-28-24-13-11-22(12-14-24)15-16-25(26,19-27)18-23-9-10-23/h11-14,20-21,23,27H,4-10,15-19,26H2,1-3H3. The first-order chi connectivity index (χ1) is 13.4. The van der Waals surface area contributed by atoms with Gasteiger partial charge >= 0.3 is 0 Å². The van der Waals surface area contributed by atoms with Crippen molar-refractivity contribution in [1.82, 2.24) is 0 Å². The maximum atomic E-state index is 9.67. The van der Waals surface area contributed by atoms with Gasteiger partial charge in [0, 0.05) is 5.54 Å². The Balaban J connectivity index is 1.61. The molecule has 1 aliphatic carbocycles. The molecule has 0 radical (unpaired) electrons. The van der Waals surface area contributed by atoms with Gasteiger partial charge in [0.15, 0.2) is 0 Å². The fraction of sp³-hybridized carbons (Fsp3) is 0.760. The molecule has 0 amide bonds. The Morgan fingerprint density at radius 3 is 2.36 bits per heavy atom. The second kappa shape index (κ2) is 11.8. The van der Waals surface area contributed by atoms with Gasteiger partial charge in [0.05, 0.1) is 13.2 Å². The van der Waals surface area contributed by atoms with Crippen LogP contribution in [0.3, 0.4) is 0 Å². The second-order valence-corrected chi connectivity index (χ2v) is 9.73. The molecule has 1 aromatic rings. The van der Waals surface area contributed by atoms with E-state index in [2.05, 4.69) is 45.0 Å². The lowest BCUT2D eigenvalue weighted by molar-refractivity contribution is 0.172. The molecule has 1 saturated carbocycles. The summed E-state index contributed by atoms with van der Waals surface area (Å²) in [4.78, 5) is 0. The number of ether oxygens (including phenoxy) is 1. The molecule has 160 valence electrons. The molecular weight excluding hydrogens is 346 g/mol. The van der Waals surface area contributed by atoms with Crippen molar-refractivity contribution in [2.24, 2.45) is 23.5 Å². The normalized spacial score (nSPS) is 17.5. The predicted octanol–water partition coefficient (Wildman–Crippen LogP) is 5.73. The van der Waals surface area contributed by atoms with Crippen molar-refractivity contribution in [2.45, 2.75) is 90.5 Å². The number of hydrogen-bond donors (Lipinski definition) is 2. The van der Waals surface area contributed by atoms with Crippen LogP contribution in [-0.2, 0) is 6.42 Å². The molecular formula is C25H43NO2. The lowest BCUT2D eigenvalue weighted by atomic mass is 9.88. The van der Waals surface area contributed by atoms with Crippen LogP contribution in [0.1, 0.15) is 84.1 Å². The molecule has 0 bridgehead atoms. The summed E-state index contributed by atoms with van der Waals surface area (Å²) in [6.45, 7) is 7.85. The molecule has 0 spiro atoms. The quantitative estimate of drug-likeness (QED) is 0.377. The summed E-state index contributed by atoms with van der Waals surface area (Å²) in [6, 6.07) is 8.41. The van der Waals surface area contributed by atoms with E-state index in [-0.39, 0.29) is 6.61 Å². The molecule has 1 fully saturated rings. The first kappa shape index (κ1) is 23.2. The predicted molar refractivity (Wildman–Crippen MR) is 119 cm³/mol. The molecule has 2 atom stereocenters. The van der Waals surface area contributed by atoms with E-state index in [1.807, 2.05) is 0 Å². The minimum atomic E-state index is -0.414. The number of benzene rings is 1. The van der Waals surface area contributed by atoms with Crippen LogP contribution in [0, 0.1) is 17.8 Å². The van der Waals surface area contributed by atoms with Gasteiger partial charge in [-0.05, 0) is 67.6 Å². The highest BCUT2D eigenvalue weighted by molar-refractivity contribution is 5.27. The van der Waals surface area contributed by atoms with Gasteiger partial charge in [-0.15, -0.1) is 0 Å². The van der Waals surface area contributed by atoms with Gasteiger partial charge in [0.25, 0.3) is 0 Å². The third-order valence-electron chi connectivity index (χ3n) is 6.13. The van der Waals surface area contributed by atoms with Crippen LogP contribution >= 0.6 is 0 Å². The molecule has 1 aromatic carbocycles. The van der Waals surface area contributed by atoms with E-state index in [1.165, 1.54) is 44.1 Å². The third-order valence-corrected chi connectivity index (χ3v) is 6.13. The largest absolute Gasteiger partial charge is 0.494 e. The molecule has 0 saturated heterocycles. The molecule has 2 rings (SSSR count). The Bertz CT molecular complexity index is 538. The maximum Gasteiger partial charge on any atom is 0.119 e. The Morgan fingerprint density at radius 2 is 1.75 bits per heavy atom. The zero-order chi connectivity index (χ0) is 20.4. The minimum Gasteiger partial charge on any atom is -0.494 e. The number of hydrogen-bond acceptors (Lipinski definition) is 3. The molecule has 3 N–H and O–H groups in total. The SMILES string of the molecule is CC(C)CCCC(C)CCCOc1ccc(CCC(N)(CO)CC2CC2)cc1. The highest BCUT2D eigenvalue weighted by Crippen LogP contribution is 2.37. The fourth-order valence-corrected chi connectivity index (χ4v) is 3.93. The van der Waals surface area contributed by atoms with Gasteiger partial charge in [-0.25, -0.2) is 0 Å². The van der Waals surface area contributed by atoms with Gasteiger partial charge in [0.1, 0.15) is 5.75 Å². The van der Waals surface area contributed by atoms with E-state index >= 15 is 0 Å². The Morgan fingerprint density at radius 1 is 1.07 bits per heavy atom. The summed E-state index contributed by atoms with van der Waals surface area (Å²) in [7, 11) is 0. The van der Waals surface area contributed by atoms with E-state index in [0.717, 1.165) is 55.8 Å². The van der Waals surface area contributed by atoms with Crippen LogP contribution in [0.5, 0.6) is 5.75 Å². The van der Waals surface area contributed by atoms with Crippen LogP contribution in [0.4, 0.5) is 0 Å². The first-order valence-corrected chi connectivity index (χ1v) is 11.5. The number of aliphatic hydroxyl groups is 1. The van der Waals surface area contributed by atoms with Crippen LogP contribution in [0.25, 0.3) is 0 Å². The van der Waals surface area contributed by atoms with E-state index < -0.39 is 5.54 Å². The lowest BCUT2D eigenvalue weighted by Gasteiger charge is -2.27. The van der Waals surface area contributed by atoms with Crippen LogP contribution in [0.2, 0.25) is 0 Å². The number of nitrogens with two attached hydrogens (primary N) is 1. The number of aliphatic hydroxyl groups excluding tert-OH is 1. The summed E-state index contributed by atoms with van der Waals surface area (Å²) in [6.07, 6.45) is 11.7. The molecule has 2 unspecified atom stereocenters. The van der Waals surface area contributed by atoms with E-state index in [4.69, 9.17) is 10.5 Å². The smallest absolute Gasteiger partial charge is 0.119 e. The van der Waals surface area contributed by atoms with Gasteiger partial charge in [-0.1, -0.05) is 65.0 Å². The van der Waals surface area contributed by atoms with Gasteiger partial charge in [-0.2, -0.15) is 0 Å². The van der Waals surface area contributed by atoms with Crippen molar-refractivity contribution in [3.05, 3.63) is 29.8 Å². The summed E-state index contributed by atoms with van der Waals surface area (Å²) in [5.74, 6) is 3.31. The molecule has 0 heterocycles. The first-order valence-electron chi connectivity index (χ1n) is 11.5. The summed E-state index contributed by atoms with van der Waals surface area (Å²) >= 11 is 0. The number of rotatable bonds is 15. The molecule has 28 heavy (non-hydrogen) atoms. The zero-order valence-corrected chi connectivity index (χ0v) is 18.5. The van der Waals surface area contributed by atoms with Gasteiger partial charge < -0.3 is 15.6 Å². The molecule has 3 nitrogen and oxygen atoms in total. The Labute approximate surface area is 173 Å². The van der Waals surface area contributed by atoms with E-state index in [0.29, 0.717) is 0 Å². The van der Waals surface area contributed by atoms with E-state index in [1.54, 1.807) is 0 Å². The number of aryl methyl sites for hydroxylation is 1. The Hall–Kier alpha value is -1.06. The van der Waals surface area contributed by atoms with E-state index in [9.17, 15) is 5.11 Å². The van der Waals surface area contributed by atoms with Crippen LogP contribution in [-0.4, -0.2) is 23.9 Å². The molecule has 3 heteroatoms. The molecule has 0 aromatic heterocycles. The molecule has 0 aliphatic heterocycles. The second-order valence-electron chi connectivity index (χ2n) is 9.73. The van der Waals surface area contributed by atoms with Crippen molar-refractivity contribution in [1.29, 1.82) is 0 Å². The Kier molecular flexibility index (Phi) is 9.81. The monoisotopic (exact) mass is 389 g/mol. The van der Waals surface area contributed by atoms with Crippen LogP contribution in [0.15, 0.2) is 24.3 Å². The lowest BCUT2D eigenvalue weighted by Crippen LogP contribution is -2.44. The summed E-state index contributed by atoms with van der Waals surface area (Å²) < 4.78 is 5.92. The van der Waals surface area contributed by atoms with Crippen molar-refractivity contribution < 1.29 is 9.84 Å².